The fourth-order valence-corrected chi connectivity index (χ4v) is 2.82. The van der Waals surface area contributed by atoms with E-state index in [1.54, 1.807) is 19.6 Å². The maximum atomic E-state index is 12.4. The van der Waals surface area contributed by atoms with E-state index in [1.165, 1.54) is 0 Å². The number of hydrogen-bond acceptors (Lipinski definition) is 5. The lowest BCUT2D eigenvalue weighted by Crippen LogP contribution is -2.30. The molecule has 0 saturated heterocycles. The Labute approximate surface area is 145 Å². The third-order valence-electron chi connectivity index (χ3n) is 4.10. The molecule has 0 bridgehead atoms. The van der Waals surface area contributed by atoms with Crippen molar-refractivity contribution in [1.82, 2.24) is 29.5 Å². The molecule has 132 valence electrons. The number of pyridine rings is 1. The quantitative estimate of drug-likeness (QED) is 0.699. The normalized spacial score (nSPS) is 12.4. The van der Waals surface area contributed by atoms with Gasteiger partial charge in [-0.2, -0.15) is 0 Å². The van der Waals surface area contributed by atoms with Crippen molar-refractivity contribution in [1.29, 1.82) is 0 Å². The maximum Gasteiger partial charge on any atom is 0.226 e. The molecule has 0 saturated carbocycles. The Morgan fingerprint density at radius 3 is 3.08 bits per heavy atom. The summed E-state index contributed by atoms with van der Waals surface area (Å²) in [5.74, 6) is 0.622. The van der Waals surface area contributed by atoms with E-state index in [2.05, 4.69) is 20.5 Å². The van der Waals surface area contributed by atoms with E-state index in [1.807, 2.05) is 41.1 Å². The molecule has 0 spiro atoms. The van der Waals surface area contributed by atoms with Gasteiger partial charge in [-0.1, -0.05) is 6.07 Å². The lowest BCUT2D eigenvalue weighted by atomic mass is 10.2. The second kappa shape index (κ2) is 7.43. The Morgan fingerprint density at radius 2 is 2.28 bits per heavy atom. The second-order valence-corrected chi connectivity index (χ2v) is 5.98. The summed E-state index contributed by atoms with van der Waals surface area (Å²) in [4.78, 5) is 16.8. The predicted octanol–water partition coefficient (Wildman–Crippen LogP) is 1.30. The first kappa shape index (κ1) is 17.1. The zero-order chi connectivity index (χ0) is 17.8. The summed E-state index contributed by atoms with van der Waals surface area (Å²) in [7, 11) is 1.65. The third kappa shape index (κ3) is 3.69. The summed E-state index contributed by atoms with van der Waals surface area (Å²) in [5, 5.41) is 11.0. The average molecular weight is 342 g/mol. The third-order valence-corrected chi connectivity index (χ3v) is 4.10. The first-order valence-corrected chi connectivity index (χ1v) is 8.17. The maximum absolute atomic E-state index is 12.4. The van der Waals surface area contributed by atoms with Crippen LogP contribution < -0.4 is 5.32 Å². The summed E-state index contributed by atoms with van der Waals surface area (Å²) in [6.45, 7) is 5.10. The van der Waals surface area contributed by atoms with Crippen molar-refractivity contribution in [3.05, 3.63) is 47.9 Å². The zero-order valence-electron chi connectivity index (χ0n) is 14.6. The van der Waals surface area contributed by atoms with Gasteiger partial charge in [-0.15, -0.1) is 10.2 Å². The molecule has 3 rings (SSSR count). The van der Waals surface area contributed by atoms with Crippen molar-refractivity contribution in [2.24, 2.45) is 0 Å². The van der Waals surface area contributed by atoms with Gasteiger partial charge in [0.1, 0.15) is 12.0 Å². The highest BCUT2D eigenvalue weighted by Gasteiger charge is 2.17. The number of imidazole rings is 1. The van der Waals surface area contributed by atoms with Crippen LogP contribution >= 0.6 is 0 Å². The minimum atomic E-state index is -0.243. The average Bonchev–Trinajstić information content (AvgIpc) is 3.21. The van der Waals surface area contributed by atoms with Crippen LogP contribution in [0.25, 0.3) is 5.65 Å². The van der Waals surface area contributed by atoms with Gasteiger partial charge in [-0.3, -0.25) is 4.79 Å². The van der Waals surface area contributed by atoms with Crippen LogP contribution in [0.5, 0.6) is 0 Å². The number of carbonyl (C=O) groups is 1. The van der Waals surface area contributed by atoms with Crippen LogP contribution in [0.4, 0.5) is 0 Å². The van der Waals surface area contributed by atoms with E-state index >= 15 is 0 Å². The molecule has 1 amide bonds. The number of fused-ring (bicyclic) bond motifs is 1. The molecule has 25 heavy (non-hydrogen) atoms. The van der Waals surface area contributed by atoms with E-state index < -0.39 is 0 Å². The molecule has 0 aromatic carbocycles. The van der Waals surface area contributed by atoms with Crippen LogP contribution in [0.3, 0.4) is 0 Å². The highest BCUT2D eigenvalue weighted by atomic mass is 16.5. The summed E-state index contributed by atoms with van der Waals surface area (Å²) in [5.41, 5.74) is 2.80. The van der Waals surface area contributed by atoms with Crippen LogP contribution in [0.1, 0.15) is 30.0 Å². The van der Waals surface area contributed by atoms with Crippen molar-refractivity contribution in [2.45, 2.75) is 32.9 Å². The molecule has 1 unspecified atom stereocenters. The predicted molar refractivity (Wildman–Crippen MR) is 92.1 cm³/mol. The smallest absolute Gasteiger partial charge is 0.226 e. The molecule has 0 aliphatic heterocycles. The fraction of sp³-hybridized carbons (Fsp3) is 0.412. The van der Waals surface area contributed by atoms with E-state index in [-0.39, 0.29) is 18.4 Å². The molecule has 0 radical (unpaired) electrons. The molecule has 1 N–H and O–H groups in total. The standard InChI is InChI=1S/C17H22N6O2/c1-12-5-4-6-23-14(10-18-16(12)23)9-15(24)20-13(2)17-21-19-11-22(17)7-8-25-3/h4-6,10-11,13H,7-9H2,1-3H3,(H,20,24). The van der Waals surface area contributed by atoms with Gasteiger partial charge in [0.05, 0.1) is 24.8 Å². The van der Waals surface area contributed by atoms with E-state index in [9.17, 15) is 4.79 Å². The molecule has 0 aliphatic carbocycles. The number of hydrogen-bond donors (Lipinski definition) is 1. The number of aromatic nitrogens is 5. The van der Waals surface area contributed by atoms with Crippen molar-refractivity contribution in [2.75, 3.05) is 13.7 Å². The van der Waals surface area contributed by atoms with Gasteiger partial charge >= 0.3 is 0 Å². The number of amides is 1. The Hall–Kier alpha value is -2.74. The molecule has 3 aromatic rings. The fourth-order valence-electron chi connectivity index (χ4n) is 2.82. The summed E-state index contributed by atoms with van der Waals surface area (Å²) >= 11 is 0. The molecule has 3 heterocycles. The molecule has 3 aromatic heterocycles. The van der Waals surface area contributed by atoms with Crippen molar-refractivity contribution < 1.29 is 9.53 Å². The Kier molecular flexibility index (Phi) is 5.08. The highest BCUT2D eigenvalue weighted by Crippen LogP contribution is 2.13. The van der Waals surface area contributed by atoms with Crippen molar-refractivity contribution in [3.63, 3.8) is 0 Å². The summed E-state index contributed by atoms with van der Waals surface area (Å²) < 4.78 is 8.90. The number of aryl methyl sites for hydroxylation is 1. The van der Waals surface area contributed by atoms with Gasteiger partial charge in [0.15, 0.2) is 5.82 Å². The molecule has 0 fully saturated rings. The van der Waals surface area contributed by atoms with Gasteiger partial charge < -0.3 is 19.0 Å². The van der Waals surface area contributed by atoms with Gasteiger partial charge in [-0.05, 0) is 25.5 Å². The number of methoxy groups -OCH3 is 1. The molecular formula is C17H22N6O2. The lowest BCUT2D eigenvalue weighted by Gasteiger charge is -2.14. The van der Waals surface area contributed by atoms with Gasteiger partial charge in [0.2, 0.25) is 5.91 Å². The highest BCUT2D eigenvalue weighted by molar-refractivity contribution is 5.78. The number of ether oxygens (including phenoxy) is 1. The molecule has 8 heteroatoms. The summed E-state index contributed by atoms with van der Waals surface area (Å²) in [6.07, 6.45) is 5.56. The van der Waals surface area contributed by atoms with Gasteiger partial charge in [-0.25, -0.2) is 4.98 Å². The van der Waals surface area contributed by atoms with E-state index in [0.29, 0.717) is 19.0 Å². The van der Waals surface area contributed by atoms with Crippen LogP contribution in [0, 0.1) is 6.92 Å². The minimum Gasteiger partial charge on any atom is -0.383 e. The number of nitrogens with zero attached hydrogens (tertiary/aromatic N) is 5. The first-order chi connectivity index (χ1) is 12.1. The Balaban J connectivity index is 1.68. The van der Waals surface area contributed by atoms with Crippen molar-refractivity contribution in [3.8, 4) is 0 Å². The number of carbonyl (C=O) groups excluding carboxylic acids is 1. The van der Waals surface area contributed by atoms with Crippen LogP contribution in [-0.2, 0) is 22.5 Å². The number of nitrogens with one attached hydrogen (secondary N) is 1. The SMILES string of the molecule is COCCn1cnnc1C(C)NC(=O)Cc1cnc2c(C)cccn12. The second-order valence-electron chi connectivity index (χ2n) is 5.98. The molecule has 1 atom stereocenters. The van der Waals surface area contributed by atoms with E-state index in [4.69, 9.17) is 4.74 Å². The lowest BCUT2D eigenvalue weighted by molar-refractivity contribution is -0.121. The minimum absolute atomic E-state index is 0.0860. The monoisotopic (exact) mass is 342 g/mol. The first-order valence-electron chi connectivity index (χ1n) is 8.17. The molecule has 8 nitrogen and oxygen atoms in total. The van der Waals surface area contributed by atoms with Gasteiger partial charge in [0, 0.05) is 26.0 Å². The zero-order valence-corrected chi connectivity index (χ0v) is 14.6. The van der Waals surface area contributed by atoms with Crippen LogP contribution in [0.2, 0.25) is 0 Å². The van der Waals surface area contributed by atoms with Gasteiger partial charge in [0.25, 0.3) is 0 Å². The molecular weight excluding hydrogens is 320 g/mol. The Bertz CT molecular complexity index is 869. The van der Waals surface area contributed by atoms with Crippen LogP contribution in [0.15, 0.2) is 30.9 Å². The Morgan fingerprint density at radius 1 is 1.44 bits per heavy atom. The van der Waals surface area contributed by atoms with Crippen LogP contribution in [-0.4, -0.2) is 43.8 Å². The van der Waals surface area contributed by atoms with E-state index in [0.717, 1.165) is 16.9 Å². The van der Waals surface area contributed by atoms with Crippen molar-refractivity contribution >= 4 is 11.6 Å². The summed E-state index contributed by atoms with van der Waals surface area (Å²) in [6, 6.07) is 3.71. The topological polar surface area (TPSA) is 86.3 Å². The number of rotatable bonds is 7. The molecule has 0 aliphatic rings. The largest absolute Gasteiger partial charge is 0.383 e.